The summed E-state index contributed by atoms with van der Waals surface area (Å²) >= 11 is 0. The summed E-state index contributed by atoms with van der Waals surface area (Å²) in [5.74, 6) is -0.630. The second-order valence-electron chi connectivity index (χ2n) is 15.5. The molecule has 2 bridgehead atoms. The van der Waals surface area contributed by atoms with Gasteiger partial charge in [0.1, 0.15) is 37.6 Å². The standard InChI is InChI=1S/C41H37BFN12O11P2/c1-45-14-16-61-68(42)62-17-26-30(27(43)39(63-26)54-22-50-28-33(46-20-48-35(28)54)52-37(56)24-9-4-2-5-10-24)65-67(59-15-8-13-44)60-19-41-18-58-31(32(41)66-68)40(64-41)55-23-51-29-34(47-21-49-36(29)55)53-38(57)25-11-6-3-7-12-25/h2-7,9-12,20-23,26-27,30-32,39-40H,8,14-19H2,(H,46,48,52,56)(H,47,49,53,57)/q+1/t26-,27+,30?,31?,32-,39-,40-,41-,67?,68?/m1/s1. The number of benzene rings is 2. The zero-order valence-corrected chi connectivity index (χ0v) is 37.2. The minimum Gasteiger partial charge on any atom is -0.367 e. The highest BCUT2D eigenvalue weighted by Gasteiger charge is 2.68. The molecule has 2 aromatic carbocycles. The first-order valence-corrected chi connectivity index (χ1v) is 23.6. The van der Waals surface area contributed by atoms with Gasteiger partial charge in [-0.05, 0) is 24.3 Å². The lowest BCUT2D eigenvalue weighted by Gasteiger charge is -2.34. The van der Waals surface area contributed by atoms with Gasteiger partial charge in [0, 0.05) is 11.1 Å². The number of nitrogens with zero attached hydrogens (tertiary/aromatic N) is 10. The molecular formula is C41H37BFN12O11P2+. The molecule has 0 aliphatic carbocycles. The highest BCUT2D eigenvalue weighted by atomic mass is 31.2. The summed E-state index contributed by atoms with van der Waals surface area (Å²) in [6.07, 6.45) is -3.96. The molecule has 0 saturated carbocycles. The fourth-order valence-corrected chi connectivity index (χ4v) is 10.8. The monoisotopic (exact) mass is 965 g/mol. The van der Waals surface area contributed by atoms with Crippen molar-refractivity contribution in [1.82, 2.24) is 39.0 Å². The van der Waals surface area contributed by atoms with Crippen molar-refractivity contribution in [2.24, 2.45) is 0 Å². The van der Waals surface area contributed by atoms with Gasteiger partial charge in [0.2, 0.25) is 6.54 Å². The Kier molecular flexibility index (Phi) is 13.1. The lowest BCUT2D eigenvalue weighted by atomic mass is 10.0. The van der Waals surface area contributed by atoms with Gasteiger partial charge in [0.05, 0.1) is 45.0 Å². The van der Waals surface area contributed by atoms with E-state index in [2.05, 4.69) is 45.4 Å². The van der Waals surface area contributed by atoms with Crippen molar-refractivity contribution in [3.63, 3.8) is 0 Å². The molecule has 10 rings (SSSR count). The van der Waals surface area contributed by atoms with Crippen LogP contribution in [0.15, 0.2) is 86.0 Å². The molecule has 27 heteroatoms. The number of hydrogen-bond acceptors (Lipinski definition) is 18. The maximum atomic E-state index is 17.1. The van der Waals surface area contributed by atoms with Crippen molar-refractivity contribution >= 4 is 69.8 Å². The highest BCUT2D eigenvalue weighted by Crippen LogP contribution is 2.64. The zero-order valence-electron chi connectivity index (χ0n) is 35.4. The predicted molar refractivity (Wildman–Crippen MR) is 236 cm³/mol. The number of rotatable bonds is 12. The van der Waals surface area contributed by atoms with Gasteiger partial charge < -0.3 is 43.3 Å². The summed E-state index contributed by atoms with van der Waals surface area (Å²) in [6.45, 7) is 6.02. The summed E-state index contributed by atoms with van der Waals surface area (Å²) in [5.41, 5.74) is 0.122. The van der Waals surface area contributed by atoms with Crippen LogP contribution in [0.1, 0.15) is 39.6 Å². The van der Waals surface area contributed by atoms with Crippen LogP contribution in [-0.4, -0.2) is 134 Å². The summed E-state index contributed by atoms with van der Waals surface area (Å²) in [6, 6.07) is 19.1. The van der Waals surface area contributed by atoms with Gasteiger partial charge in [0.25, 0.3) is 11.8 Å². The fourth-order valence-electron chi connectivity index (χ4n) is 8.02. The van der Waals surface area contributed by atoms with Crippen molar-refractivity contribution in [3.05, 3.63) is 109 Å². The first-order chi connectivity index (χ1) is 33.2. The Morgan fingerprint density at radius 3 is 2.16 bits per heavy atom. The number of hydrogen-bond donors (Lipinski definition) is 2. The third-order valence-corrected chi connectivity index (χ3v) is 13.9. The van der Waals surface area contributed by atoms with Crippen LogP contribution in [0.4, 0.5) is 16.0 Å². The number of fused-ring (bicyclic) bond motifs is 3. The topological polar surface area (TPSA) is 257 Å². The van der Waals surface area contributed by atoms with E-state index in [9.17, 15) is 14.9 Å². The first kappa shape index (κ1) is 45.7. The lowest BCUT2D eigenvalue weighted by Crippen LogP contribution is -2.46. The predicted octanol–water partition coefficient (Wildman–Crippen LogP) is 4.83. The van der Waals surface area contributed by atoms with Gasteiger partial charge in [-0.3, -0.25) is 18.7 Å². The number of anilines is 2. The Balaban J connectivity index is 0.943. The number of amides is 2. The zero-order chi connectivity index (χ0) is 46.8. The molecule has 2 N–H and O–H groups in total. The molecule has 4 saturated heterocycles. The van der Waals surface area contributed by atoms with Gasteiger partial charge in [-0.1, -0.05) is 36.4 Å². The van der Waals surface area contributed by atoms with E-state index in [1.807, 2.05) is 6.07 Å². The molecule has 6 aromatic rings. The molecule has 2 amide bonds. The van der Waals surface area contributed by atoms with E-state index in [1.54, 1.807) is 65.2 Å². The molecule has 4 aliphatic rings. The number of halogens is 1. The molecule has 346 valence electrons. The molecule has 4 aromatic heterocycles. The van der Waals surface area contributed by atoms with Crippen LogP contribution < -0.4 is 10.6 Å². The Bertz CT molecular complexity index is 2900. The van der Waals surface area contributed by atoms with Crippen LogP contribution in [0.25, 0.3) is 27.2 Å². The van der Waals surface area contributed by atoms with Crippen LogP contribution in [0.2, 0.25) is 0 Å². The van der Waals surface area contributed by atoms with Crippen LogP contribution >= 0.6 is 16.4 Å². The van der Waals surface area contributed by atoms with E-state index < -0.39 is 83.5 Å². The fraction of sp³-hybridized carbons (Fsp3) is 0.366. The molecule has 4 fully saturated rings. The lowest BCUT2D eigenvalue weighted by molar-refractivity contribution is -0.183. The van der Waals surface area contributed by atoms with Crippen molar-refractivity contribution in [3.8, 4) is 6.07 Å². The Hall–Kier alpha value is -6.05. The van der Waals surface area contributed by atoms with Gasteiger partial charge in [-0.15, -0.1) is 0 Å². The van der Waals surface area contributed by atoms with Gasteiger partial charge in [-0.25, -0.2) is 40.9 Å². The van der Waals surface area contributed by atoms with Crippen LogP contribution in [0.3, 0.4) is 0 Å². The summed E-state index contributed by atoms with van der Waals surface area (Å²) < 4.78 is 77.0. The van der Waals surface area contributed by atoms with Crippen LogP contribution in [-0.2, 0) is 41.4 Å². The summed E-state index contributed by atoms with van der Waals surface area (Å²) in [5, 5.41) is 14.9. The van der Waals surface area contributed by atoms with Crippen molar-refractivity contribution in [2.45, 2.75) is 55.1 Å². The molecule has 4 unspecified atom stereocenters. The first-order valence-electron chi connectivity index (χ1n) is 20.9. The van der Waals surface area contributed by atoms with E-state index in [1.165, 1.54) is 29.9 Å². The van der Waals surface area contributed by atoms with Gasteiger partial charge >= 0.3 is 24.0 Å². The molecule has 0 spiro atoms. The molecule has 10 atom stereocenters. The number of carbonyl (C=O) groups is 2. The minimum atomic E-state index is -3.99. The highest BCUT2D eigenvalue weighted by molar-refractivity contribution is 7.85. The van der Waals surface area contributed by atoms with E-state index in [0.29, 0.717) is 11.1 Å². The normalized spacial score (nSPS) is 29.0. The number of nitrogens with one attached hydrogen (secondary N) is 2. The van der Waals surface area contributed by atoms with Gasteiger partial charge in [0.15, 0.2) is 70.9 Å². The average molecular weight is 966 g/mol. The number of imidazole rings is 2. The molecule has 68 heavy (non-hydrogen) atoms. The number of ether oxygens (including phenoxy) is 3. The number of nitriles is 1. The smallest absolute Gasteiger partial charge is 0.367 e. The van der Waals surface area contributed by atoms with Crippen molar-refractivity contribution in [2.75, 3.05) is 50.2 Å². The average Bonchev–Trinajstić information content (AvgIpc) is 4.18. The molecule has 8 heterocycles. The molecule has 4 aliphatic heterocycles. The number of carbonyl (C=O) groups excluding carboxylic acids is 2. The second kappa shape index (κ2) is 19.5. The maximum absolute atomic E-state index is 17.1. The van der Waals surface area contributed by atoms with Crippen LogP contribution in [0.5, 0.6) is 0 Å². The quantitative estimate of drug-likeness (QED) is 0.0721. The van der Waals surface area contributed by atoms with E-state index in [-0.39, 0.29) is 73.4 Å². The minimum absolute atomic E-state index is 0.0447. The maximum Gasteiger partial charge on any atom is 0.488 e. The van der Waals surface area contributed by atoms with E-state index in [0.717, 1.165) is 0 Å². The third-order valence-electron chi connectivity index (χ3n) is 11.2. The van der Waals surface area contributed by atoms with Crippen molar-refractivity contribution < 1.29 is 55.3 Å². The molecule has 2 radical (unpaired) electrons. The Morgan fingerprint density at radius 2 is 1.54 bits per heavy atom. The van der Waals surface area contributed by atoms with Gasteiger partial charge in [-0.2, -0.15) is 18.8 Å². The summed E-state index contributed by atoms with van der Waals surface area (Å²) in [7, 11) is 0.433. The second-order valence-corrected chi connectivity index (χ2v) is 18.5. The number of alkyl halides is 1. The van der Waals surface area contributed by atoms with E-state index >= 15 is 4.39 Å². The van der Waals surface area contributed by atoms with Crippen molar-refractivity contribution in [1.29, 1.82) is 5.26 Å². The molecule has 23 nitrogen and oxygen atoms in total. The third kappa shape index (κ3) is 8.91. The number of aromatic nitrogens is 8. The van der Waals surface area contributed by atoms with E-state index in [4.69, 9.17) is 55.5 Å². The Morgan fingerprint density at radius 1 is 0.912 bits per heavy atom. The summed E-state index contributed by atoms with van der Waals surface area (Å²) in [4.78, 5) is 55.7. The SMILES string of the molecule is [B][P+]1(OCC[N+]#[C-])OC[C@H]2O[C@@H](n3cnc4c(NC(=O)c5ccccc5)ncnc43)[C@@H](F)C2OP(OCCC#N)OC[C@@]23COC([C@H](n4cnc5c(NC(=O)c6ccccc6)ncnc54)O2)[C@H]3O1. The largest absolute Gasteiger partial charge is 0.488 e. The Labute approximate surface area is 388 Å². The van der Waals surface area contributed by atoms with Crippen LogP contribution in [0, 0.1) is 17.9 Å². The molecular weight excluding hydrogens is 928 g/mol.